The molecule has 2 N–H and O–H groups in total. The van der Waals surface area contributed by atoms with E-state index >= 15 is 0 Å². The number of benzene rings is 1. The molecule has 0 aliphatic rings. The van der Waals surface area contributed by atoms with Crippen molar-refractivity contribution in [3.05, 3.63) is 34.4 Å². The van der Waals surface area contributed by atoms with Crippen LogP contribution in [0.4, 0.5) is 11.4 Å². The van der Waals surface area contributed by atoms with E-state index in [1.54, 1.807) is 0 Å². The van der Waals surface area contributed by atoms with E-state index in [9.17, 15) is 23.9 Å². The van der Waals surface area contributed by atoms with Crippen molar-refractivity contribution in [2.45, 2.75) is 0 Å². The molecule has 0 radical (unpaired) electrons. The van der Waals surface area contributed by atoms with E-state index in [1.807, 2.05) is 0 Å². The molecule has 0 spiro atoms. The van der Waals surface area contributed by atoms with E-state index in [0.29, 0.717) is 0 Å². The van der Waals surface area contributed by atoms with Crippen molar-refractivity contribution in [3.63, 3.8) is 0 Å². The minimum Gasteiger partial charge on any atom is -0.481 e. The van der Waals surface area contributed by atoms with Crippen molar-refractivity contribution < 1.29 is 23.8 Å². The molecule has 0 aromatic heterocycles. The van der Waals surface area contributed by atoms with E-state index in [2.05, 4.69) is 5.32 Å². The molecule has 0 unspecified atom stereocenters. The summed E-state index contributed by atoms with van der Waals surface area (Å²) in [7, 11) is -1.85. The van der Waals surface area contributed by atoms with Gasteiger partial charge >= 0.3 is 5.97 Å². The van der Waals surface area contributed by atoms with Gasteiger partial charge in [0.15, 0.2) is 0 Å². The maximum absolute atomic E-state index is 11.5. The Kier molecular flexibility index (Phi) is 5.12. The fourth-order valence-corrected chi connectivity index (χ4v) is 2.00. The molecule has 1 amide bonds. The van der Waals surface area contributed by atoms with Gasteiger partial charge in [0, 0.05) is 16.9 Å². The smallest absolute Gasteiger partial charge is 0.316 e. The number of carbonyl (C=O) groups excluding carboxylic acids is 1. The fourth-order valence-electron chi connectivity index (χ4n) is 1.26. The number of nitrogens with zero attached hydrogens (tertiary/aromatic N) is 1. The third-order valence-corrected chi connectivity index (χ3v) is 3.10. The van der Waals surface area contributed by atoms with E-state index in [-0.39, 0.29) is 11.4 Å². The topological polar surface area (TPSA) is 127 Å². The summed E-state index contributed by atoms with van der Waals surface area (Å²) in [6, 6.07) is 5.48. The van der Waals surface area contributed by atoms with Crippen molar-refractivity contribution in [1.82, 2.24) is 0 Å². The Balaban J connectivity index is 2.70. The van der Waals surface area contributed by atoms with Crippen LogP contribution in [0.1, 0.15) is 0 Å². The lowest BCUT2D eigenvalue weighted by atomic mass is 10.2. The number of amides is 1. The maximum Gasteiger partial charge on any atom is 0.316 e. The third kappa shape index (κ3) is 4.84. The van der Waals surface area contributed by atoms with E-state index in [1.165, 1.54) is 24.3 Å². The van der Waals surface area contributed by atoms with Crippen molar-refractivity contribution in [2.75, 3.05) is 16.8 Å². The number of aliphatic carboxylic acids is 1. The molecular formula is C10H10N2O6S. The Hall–Kier alpha value is -2.29. The number of carboxylic acid groups (broad SMARTS) is 1. The molecule has 0 aliphatic heterocycles. The van der Waals surface area contributed by atoms with Gasteiger partial charge < -0.3 is 10.4 Å². The molecule has 0 aliphatic carbocycles. The number of anilines is 1. The van der Waals surface area contributed by atoms with Gasteiger partial charge in [-0.05, 0) is 6.07 Å². The van der Waals surface area contributed by atoms with Crippen LogP contribution in [0.25, 0.3) is 0 Å². The van der Waals surface area contributed by atoms with Crippen LogP contribution in [0.2, 0.25) is 0 Å². The third-order valence-electron chi connectivity index (χ3n) is 1.95. The number of hydrogen-bond acceptors (Lipinski definition) is 5. The predicted molar refractivity (Wildman–Crippen MR) is 67.2 cm³/mol. The summed E-state index contributed by atoms with van der Waals surface area (Å²) in [5.41, 5.74) is -0.315. The summed E-state index contributed by atoms with van der Waals surface area (Å²) in [6.07, 6.45) is 0. The lowest BCUT2D eigenvalue weighted by Gasteiger charge is -2.05. The summed E-state index contributed by atoms with van der Waals surface area (Å²) in [5, 5.41) is 21.3. The normalized spacial score (nSPS) is 11.6. The lowest BCUT2D eigenvalue weighted by Crippen LogP contribution is -2.23. The number of nitro groups is 1. The minimum atomic E-state index is -1.85. The first kappa shape index (κ1) is 14.8. The van der Waals surface area contributed by atoms with Gasteiger partial charge in [-0.1, -0.05) is 12.1 Å². The first-order chi connectivity index (χ1) is 8.90. The molecule has 0 heterocycles. The highest BCUT2D eigenvalue weighted by atomic mass is 32.2. The molecular weight excluding hydrogens is 276 g/mol. The van der Waals surface area contributed by atoms with Gasteiger partial charge in [-0.3, -0.25) is 23.9 Å². The SMILES string of the molecule is O=C(O)C[S@](=O)CC(=O)Nc1ccccc1[N+](=O)[O-]. The number of rotatable bonds is 6. The molecule has 8 nitrogen and oxygen atoms in total. The number of para-hydroxylation sites is 2. The molecule has 0 saturated carbocycles. The minimum absolute atomic E-state index is 0.0233. The van der Waals surface area contributed by atoms with Gasteiger partial charge in [-0.25, -0.2) is 0 Å². The van der Waals surface area contributed by atoms with Crippen LogP contribution < -0.4 is 5.32 Å². The van der Waals surface area contributed by atoms with Gasteiger partial charge in [0.05, 0.1) is 4.92 Å². The number of nitrogens with one attached hydrogen (secondary N) is 1. The van der Waals surface area contributed by atoms with Gasteiger partial charge in [-0.2, -0.15) is 0 Å². The maximum atomic E-state index is 11.5. The van der Waals surface area contributed by atoms with Crippen LogP contribution in [0.5, 0.6) is 0 Å². The van der Waals surface area contributed by atoms with Gasteiger partial charge in [0.1, 0.15) is 17.2 Å². The number of carbonyl (C=O) groups is 2. The number of carboxylic acids is 1. The van der Waals surface area contributed by atoms with Crippen LogP contribution in [-0.2, 0) is 20.4 Å². The first-order valence-electron chi connectivity index (χ1n) is 5.00. The zero-order valence-corrected chi connectivity index (χ0v) is 10.4. The Morgan fingerprint density at radius 2 is 1.95 bits per heavy atom. The first-order valence-corrected chi connectivity index (χ1v) is 6.49. The van der Waals surface area contributed by atoms with Crippen LogP contribution in [0.15, 0.2) is 24.3 Å². The summed E-state index contributed by atoms with van der Waals surface area (Å²) in [5.74, 6) is -3.20. The largest absolute Gasteiger partial charge is 0.481 e. The lowest BCUT2D eigenvalue weighted by molar-refractivity contribution is -0.383. The second-order valence-corrected chi connectivity index (χ2v) is 4.90. The van der Waals surface area contributed by atoms with E-state index in [4.69, 9.17) is 5.11 Å². The highest BCUT2D eigenvalue weighted by Crippen LogP contribution is 2.22. The molecule has 102 valence electrons. The Morgan fingerprint density at radius 1 is 1.32 bits per heavy atom. The van der Waals surface area contributed by atoms with Crippen LogP contribution in [0.3, 0.4) is 0 Å². The number of nitro benzene ring substituents is 1. The molecule has 9 heteroatoms. The Morgan fingerprint density at radius 3 is 2.53 bits per heavy atom. The highest BCUT2D eigenvalue weighted by molar-refractivity contribution is 7.86. The van der Waals surface area contributed by atoms with Crippen molar-refractivity contribution in [3.8, 4) is 0 Å². The average Bonchev–Trinajstić information content (AvgIpc) is 2.27. The molecule has 1 aromatic carbocycles. The second kappa shape index (κ2) is 6.59. The summed E-state index contributed by atoms with van der Waals surface area (Å²) >= 11 is 0. The average molecular weight is 286 g/mol. The highest BCUT2D eigenvalue weighted by Gasteiger charge is 2.17. The Labute approximate surface area is 110 Å². The quantitative estimate of drug-likeness (QED) is 0.574. The van der Waals surface area contributed by atoms with Crippen LogP contribution >= 0.6 is 0 Å². The van der Waals surface area contributed by atoms with Crippen molar-refractivity contribution in [2.24, 2.45) is 0 Å². The number of hydrogen-bond donors (Lipinski definition) is 2. The van der Waals surface area contributed by atoms with Crippen molar-refractivity contribution in [1.29, 1.82) is 0 Å². The summed E-state index contributed by atoms with van der Waals surface area (Å²) < 4.78 is 11.2. The summed E-state index contributed by atoms with van der Waals surface area (Å²) in [4.78, 5) is 31.8. The molecule has 1 rings (SSSR count). The van der Waals surface area contributed by atoms with Crippen LogP contribution in [-0.4, -0.2) is 37.6 Å². The predicted octanol–water partition coefficient (Wildman–Crippen LogP) is 0.367. The zero-order valence-electron chi connectivity index (χ0n) is 9.57. The molecule has 0 fully saturated rings. The molecule has 0 saturated heterocycles. The summed E-state index contributed by atoms with van der Waals surface area (Å²) in [6.45, 7) is 0. The zero-order chi connectivity index (χ0) is 14.4. The van der Waals surface area contributed by atoms with E-state index in [0.717, 1.165) is 0 Å². The van der Waals surface area contributed by atoms with Gasteiger partial charge in [-0.15, -0.1) is 0 Å². The molecule has 1 aromatic rings. The van der Waals surface area contributed by atoms with Crippen molar-refractivity contribution >= 4 is 34.1 Å². The van der Waals surface area contributed by atoms with Gasteiger partial charge in [0.2, 0.25) is 5.91 Å². The monoisotopic (exact) mass is 286 g/mol. The Bertz CT molecular complexity index is 545. The second-order valence-electron chi connectivity index (χ2n) is 3.44. The molecule has 0 bridgehead atoms. The van der Waals surface area contributed by atoms with E-state index < -0.39 is 39.1 Å². The molecule has 19 heavy (non-hydrogen) atoms. The fraction of sp³-hybridized carbons (Fsp3) is 0.200. The molecule has 1 atom stereocenters. The van der Waals surface area contributed by atoms with Crippen LogP contribution in [0, 0.1) is 10.1 Å². The standard InChI is InChI=1S/C10H10N2O6S/c13-9(5-19(18)6-10(14)15)11-7-3-1-2-4-8(7)12(16)17/h1-4H,5-6H2,(H,11,13)(H,14,15)/t19-/m1/s1. The van der Waals surface area contributed by atoms with Gasteiger partial charge in [0.25, 0.3) is 5.69 Å².